The molecule has 0 spiro atoms. The lowest BCUT2D eigenvalue weighted by Gasteiger charge is -2.39. The van der Waals surface area contributed by atoms with Crippen molar-refractivity contribution in [3.05, 3.63) is 29.8 Å². The van der Waals surface area contributed by atoms with Gasteiger partial charge >= 0.3 is 0 Å². The lowest BCUT2D eigenvalue weighted by atomic mass is 10.2. The van der Waals surface area contributed by atoms with E-state index in [0.717, 1.165) is 25.5 Å². The van der Waals surface area contributed by atoms with E-state index in [1.165, 1.54) is 11.3 Å². The van der Waals surface area contributed by atoms with Crippen molar-refractivity contribution in [1.82, 2.24) is 10.2 Å². The van der Waals surface area contributed by atoms with Gasteiger partial charge in [-0.05, 0) is 38.8 Å². The summed E-state index contributed by atoms with van der Waals surface area (Å²) in [4.78, 5) is 8.88. The van der Waals surface area contributed by atoms with E-state index in [1.807, 2.05) is 0 Å². The normalized spacial score (nSPS) is 22.8. The fourth-order valence-corrected chi connectivity index (χ4v) is 5.19. The standard InChI is InChI=1S/C19H30N4O2S/c1-15(23-10-9-16-7-5-6-8-17(16)23)13-21-18(20-4)22-11-12-26(24,25)19(2,3)14-22/h5-8,15H,9-14H2,1-4H3,(H,20,21). The Kier molecular flexibility index (Phi) is 5.19. The van der Waals surface area contributed by atoms with Crippen LogP contribution in [-0.2, 0) is 16.3 Å². The number of para-hydroxylation sites is 1. The van der Waals surface area contributed by atoms with E-state index in [4.69, 9.17) is 0 Å². The Labute approximate surface area is 157 Å². The third-order valence-corrected chi connectivity index (χ3v) is 8.10. The molecule has 0 saturated carbocycles. The largest absolute Gasteiger partial charge is 0.366 e. The topological polar surface area (TPSA) is 65.0 Å². The molecular formula is C19H30N4O2S. The number of fused-ring (bicyclic) bond motifs is 1. The molecule has 26 heavy (non-hydrogen) atoms. The summed E-state index contributed by atoms with van der Waals surface area (Å²) in [6.07, 6.45) is 1.09. The quantitative estimate of drug-likeness (QED) is 0.638. The van der Waals surface area contributed by atoms with Crippen LogP contribution in [-0.4, -0.2) is 69.0 Å². The summed E-state index contributed by atoms with van der Waals surface area (Å²) < 4.78 is 23.7. The molecular weight excluding hydrogens is 348 g/mol. The van der Waals surface area contributed by atoms with Crippen molar-refractivity contribution >= 4 is 21.5 Å². The van der Waals surface area contributed by atoms with Crippen LogP contribution in [0, 0.1) is 0 Å². The van der Waals surface area contributed by atoms with Gasteiger partial charge in [-0.3, -0.25) is 4.99 Å². The van der Waals surface area contributed by atoms with Gasteiger partial charge in [0.1, 0.15) is 0 Å². The Morgan fingerprint density at radius 3 is 2.73 bits per heavy atom. The fourth-order valence-electron chi connectivity index (χ4n) is 3.83. The maximum Gasteiger partial charge on any atom is 0.193 e. The number of nitrogens with zero attached hydrogens (tertiary/aromatic N) is 3. The van der Waals surface area contributed by atoms with Crippen LogP contribution < -0.4 is 10.2 Å². The molecule has 1 atom stereocenters. The second kappa shape index (κ2) is 7.10. The second-order valence-corrected chi connectivity index (χ2v) is 10.6. The first-order valence-corrected chi connectivity index (χ1v) is 10.9. The van der Waals surface area contributed by atoms with Crippen LogP contribution in [0.3, 0.4) is 0 Å². The van der Waals surface area contributed by atoms with E-state index >= 15 is 0 Å². The number of rotatable bonds is 3. The summed E-state index contributed by atoms with van der Waals surface area (Å²) in [6.45, 7) is 8.58. The second-order valence-electron chi connectivity index (χ2n) is 7.85. The van der Waals surface area contributed by atoms with Crippen LogP contribution in [0.1, 0.15) is 26.3 Å². The van der Waals surface area contributed by atoms with Crippen molar-refractivity contribution in [2.75, 3.05) is 43.9 Å². The van der Waals surface area contributed by atoms with Gasteiger partial charge in [0.15, 0.2) is 15.8 Å². The van der Waals surface area contributed by atoms with Crippen LogP contribution in [0.15, 0.2) is 29.3 Å². The Bertz CT molecular complexity index is 788. The number of nitrogens with one attached hydrogen (secondary N) is 1. The smallest absolute Gasteiger partial charge is 0.193 e. The molecule has 0 bridgehead atoms. The maximum atomic E-state index is 12.2. The van der Waals surface area contributed by atoms with Crippen LogP contribution >= 0.6 is 0 Å². The summed E-state index contributed by atoms with van der Waals surface area (Å²) in [6, 6.07) is 8.90. The number of anilines is 1. The van der Waals surface area contributed by atoms with Crippen molar-refractivity contribution in [2.45, 2.75) is 38.0 Å². The Balaban J connectivity index is 1.62. The average Bonchev–Trinajstić information content (AvgIpc) is 3.02. The first-order chi connectivity index (χ1) is 12.2. The minimum atomic E-state index is -3.05. The van der Waals surface area contributed by atoms with Crippen LogP contribution in [0.5, 0.6) is 0 Å². The van der Waals surface area contributed by atoms with Crippen LogP contribution in [0.4, 0.5) is 5.69 Å². The van der Waals surface area contributed by atoms with E-state index < -0.39 is 14.6 Å². The summed E-state index contributed by atoms with van der Waals surface area (Å²) in [7, 11) is -1.29. The Morgan fingerprint density at radius 2 is 2.04 bits per heavy atom. The molecule has 2 aliphatic heterocycles. The van der Waals surface area contributed by atoms with Crippen LogP contribution in [0.2, 0.25) is 0 Å². The molecule has 1 saturated heterocycles. The predicted molar refractivity (Wildman–Crippen MR) is 108 cm³/mol. The predicted octanol–water partition coefficient (Wildman–Crippen LogP) is 1.52. The summed E-state index contributed by atoms with van der Waals surface area (Å²) in [5, 5.41) is 3.45. The van der Waals surface area contributed by atoms with Gasteiger partial charge in [-0.25, -0.2) is 8.42 Å². The molecule has 6 nitrogen and oxygen atoms in total. The van der Waals surface area contributed by atoms with Crippen molar-refractivity contribution in [2.24, 2.45) is 4.99 Å². The Morgan fingerprint density at radius 1 is 1.31 bits per heavy atom. The Hall–Kier alpha value is -1.76. The van der Waals surface area contributed by atoms with E-state index in [-0.39, 0.29) is 5.75 Å². The highest BCUT2D eigenvalue weighted by molar-refractivity contribution is 7.92. The molecule has 1 aromatic carbocycles. The molecule has 1 fully saturated rings. The van der Waals surface area contributed by atoms with Gasteiger partial charge in [0.2, 0.25) is 0 Å². The molecule has 1 unspecified atom stereocenters. The minimum absolute atomic E-state index is 0.176. The first-order valence-electron chi connectivity index (χ1n) is 9.27. The van der Waals surface area contributed by atoms with Gasteiger partial charge in [0, 0.05) is 45.0 Å². The maximum absolute atomic E-state index is 12.2. The molecule has 1 aromatic rings. The van der Waals surface area contributed by atoms with Gasteiger partial charge < -0.3 is 15.1 Å². The number of hydrogen-bond acceptors (Lipinski definition) is 4. The molecule has 144 valence electrons. The van der Waals surface area contributed by atoms with E-state index in [2.05, 4.69) is 51.3 Å². The van der Waals surface area contributed by atoms with Crippen molar-refractivity contribution in [1.29, 1.82) is 0 Å². The summed E-state index contributed by atoms with van der Waals surface area (Å²) in [5.74, 6) is 0.961. The third kappa shape index (κ3) is 3.54. The monoisotopic (exact) mass is 378 g/mol. The number of sulfone groups is 1. The lowest BCUT2D eigenvalue weighted by Crippen LogP contribution is -2.58. The molecule has 0 aromatic heterocycles. The minimum Gasteiger partial charge on any atom is -0.366 e. The van der Waals surface area contributed by atoms with Gasteiger partial charge in [0.25, 0.3) is 0 Å². The zero-order valence-corrected chi connectivity index (χ0v) is 17.0. The number of aliphatic imine (C=N–C) groups is 1. The molecule has 0 aliphatic carbocycles. The van der Waals surface area contributed by atoms with Gasteiger partial charge in [-0.2, -0.15) is 0 Å². The molecule has 1 N–H and O–H groups in total. The third-order valence-electron chi connectivity index (χ3n) is 5.57. The highest BCUT2D eigenvalue weighted by Crippen LogP contribution is 2.29. The molecule has 7 heteroatoms. The summed E-state index contributed by atoms with van der Waals surface area (Å²) >= 11 is 0. The average molecular weight is 379 g/mol. The van der Waals surface area contributed by atoms with Gasteiger partial charge in [0.05, 0.1) is 10.5 Å². The van der Waals surface area contributed by atoms with Crippen molar-refractivity contribution in [3.8, 4) is 0 Å². The number of hydrogen-bond donors (Lipinski definition) is 1. The highest BCUT2D eigenvalue weighted by atomic mass is 32.2. The SMILES string of the molecule is CN=C(NCC(C)N1CCc2ccccc21)N1CCS(=O)(=O)C(C)(C)C1. The highest BCUT2D eigenvalue weighted by Gasteiger charge is 2.41. The number of benzene rings is 1. The fraction of sp³-hybridized carbons (Fsp3) is 0.632. The molecule has 0 amide bonds. The first kappa shape index (κ1) is 19.0. The molecule has 2 aliphatic rings. The molecule has 0 radical (unpaired) electrons. The lowest BCUT2D eigenvalue weighted by molar-refractivity contribution is 0.352. The molecule has 2 heterocycles. The van der Waals surface area contributed by atoms with Gasteiger partial charge in [-0.15, -0.1) is 0 Å². The van der Waals surface area contributed by atoms with E-state index in [0.29, 0.717) is 19.1 Å². The zero-order valence-electron chi connectivity index (χ0n) is 16.2. The van der Waals surface area contributed by atoms with Crippen molar-refractivity contribution in [3.63, 3.8) is 0 Å². The number of guanidine groups is 1. The van der Waals surface area contributed by atoms with E-state index in [9.17, 15) is 8.42 Å². The van der Waals surface area contributed by atoms with Crippen LogP contribution in [0.25, 0.3) is 0 Å². The zero-order chi connectivity index (χ0) is 18.9. The van der Waals surface area contributed by atoms with E-state index in [1.54, 1.807) is 20.9 Å². The summed E-state index contributed by atoms with van der Waals surface area (Å²) in [5.41, 5.74) is 2.73. The van der Waals surface area contributed by atoms with Crippen molar-refractivity contribution < 1.29 is 8.42 Å². The molecule has 3 rings (SSSR count). The van der Waals surface area contributed by atoms with Gasteiger partial charge in [-0.1, -0.05) is 18.2 Å².